The zero-order valence-corrected chi connectivity index (χ0v) is 17.3. The molecule has 7 heteroatoms. The van der Waals surface area contributed by atoms with Crippen LogP contribution in [0.25, 0.3) is 22.6 Å². The van der Waals surface area contributed by atoms with Gasteiger partial charge in [0, 0.05) is 5.39 Å². The molecule has 0 saturated carbocycles. The average Bonchev–Trinajstić information content (AvgIpc) is 3.58. The largest absolute Gasteiger partial charge is 0.467 e. The van der Waals surface area contributed by atoms with Crippen LogP contribution in [0.3, 0.4) is 0 Å². The van der Waals surface area contributed by atoms with Crippen molar-refractivity contribution in [1.29, 1.82) is 0 Å². The molecule has 1 aliphatic carbocycles. The fourth-order valence-corrected chi connectivity index (χ4v) is 3.99. The summed E-state index contributed by atoms with van der Waals surface area (Å²) in [7, 11) is 0. The third-order valence-corrected chi connectivity index (χ3v) is 5.48. The molecule has 0 bridgehead atoms. The minimum Gasteiger partial charge on any atom is -0.467 e. The molecule has 1 aromatic carbocycles. The smallest absolute Gasteiger partial charge is 0.252 e. The number of para-hydroxylation sites is 1. The van der Waals surface area contributed by atoms with E-state index in [2.05, 4.69) is 10.6 Å². The fourth-order valence-electron chi connectivity index (χ4n) is 3.99. The van der Waals surface area contributed by atoms with Crippen molar-refractivity contribution in [3.63, 3.8) is 0 Å². The third-order valence-electron chi connectivity index (χ3n) is 5.48. The van der Waals surface area contributed by atoms with E-state index >= 15 is 0 Å². The van der Waals surface area contributed by atoms with Gasteiger partial charge in [0.15, 0.2) is 0 Å². The molecule has 4 aromatic rings. The second kappa shape index (κ2) is 8.55. The van der Waals surface area contributed by atoms with Gasteiger partial charge in [-0.1, -0.05) is 18.2 Å². The van der Waals surface area contributed by atoms with Crippen molar-refractivity contribution in [3.8, 4) is 0 Å². The Kier molecular flexibility index (Phi) is 5.29. The average molecular weight is 427 g/mol. The van der Waals surface area contributed by atoms with E-state index in [0.717, 1.165) is 39.9 Å². The number of hydrogen-bond acceptors (Lipinski definition) is 5. The van der Waals surface area contributed by atoms with Crippen LogP contribution in [0.15, 0.2) is 69.9 Å². The fraction of sp³-hybridized carbons (Fsp3) is 0.160. The number of carbonyl (C=O) groups excluding carboxylic acids is 2. The Balaban J connectivity index is 1.40. The van der Waals surface area contributed by atoms with Gasteiger partial charge in [-0.2, -0.15) is 0 Å². The van der Waals surface area contributed by atoms with Gasteiger partial charge < -0.3 is 19.5 Å². The highest BCUT2D eigenvalue weighted by molar-refractivity contribution is 6.10. The quantitative estimate of drug-likeness (QED) is 0.486. The predicted octanol–water partition coefficient (Wildman–Crippen LogP) is 3.95. The van der Waals surface area contributed by atoms with Gasteiger partial charge >= 0.3 is 0 Å². The van der Waals surface area contributed by atoms with Crippen LogP contribution in [0.5, 0.6) is 0 Å². The molecule has 32 heavy (non-hydrogen) atoms. The summed E-state index contributed by atoms with van der Waals surface area (Å²) < 4.78 is 10.7. The first-order chi connectivity index (χ1) is 15.7. The lowest BCUT2D eigenvalue weighted by atomic mass is 10.00. The van der Waals surface area contributed by atoms with Crippen molar-refractivity contribution in [2.24, 2.45) is 0 Å². The zero-order chi connectivity index (χ0) is 21.9. The van der Waals surface area contributed by atoms with E-state index in [1.165, 1.54) is 0 Å². The summed E-state index contributed by atoms with van der Waals surface area (Å²) in [5.74, 6) is 0.830. The molecule has 0 saturated heterocycles. The van der Waals surface area contributed by atoms with Crippen LogP contribution in [0.4, 0.5) is 0 Å². The van der Waals surface area contributed by atoms with Crippen LogP contribution in [0.1, 0.15) is 39.6 Å². The van der Waals surface area contributed by atoms with Crippen molar-refractivity contribution in [2.75, 3.05) is 6.54 Å². The van der Waals surface area contributed by atoms with Crippen molar-refractivity contribution < 1.29 is 18.4 Å². The number of fused-ring (bicyclic) bond motifs is 2. The first-order valence-corrected chi connectivity index (χ1v) is 10.4. The molecule has 1 aliphatic rings. The number of pyridine rings is 1. The maximum absolute atomic E-state index is 13.2. The van der Waals surface area contributed by atoms with Crippen LogP contribution >= 0.6 is 0 Å². The van der Waals surface area contributed by atoms with E-state index in [1.54, 1.807) is 24.7 Å². The van der Waals surface area contributed by atoms with Crippen molar-refractivity contribution in [3.05, 3.63) is 89.4 Å². The molecular weight excluding hydrogens is 406 g/mol. The summed E-state index contributed by atoms with van der Waals surface area (Å²) in [5.41, 5.74) is 4.06. The molecule has 3 aromatic heterocycles. The monoisotopic (exact) mass is 427 g/mol. The van der Waals surface area contributed by atoms with Crippen LogP contribution in [0.2, 0.25) is 0 Å². The Morgan fingerprint density at radius 1 is 0.969 bits per heavy atom. The number of nitrogens with zero attached hydrogens (tertiary/aromatic N) is 1. The molecule has 0 fully saturated rings. The summed E-state index contributed by atoms with van der Waals surface area (Å²) >= 11 is 0. The second-order valence-corrected chi connectivity index (χ2v) is 7.55. The number of allylic oxidation sites excluding steroid dienone is 1. The van der Waals surface area contributed by atoms with E-state index in [-0.39, 0.29) is 24.9 Å². The molecule has 0 spiro atoms. The Labute approximate surface area is 184 Å². The van der Waals surface area contributed by atoms with Gasteiger partial charge in [0.05, 0.1) is 42.4 Å². The lowest BCUT2D eigenvalue weighted by Crippen LogP contribution is -2.37. The number of rotatable bonds is 6. The molecule has 0 atom stereocenters. The highest BCUT2D eigenvalue weighted by atomic mass is 16.3. The highest BCUT2D eigenvalue weighted by Gasteiger charge is 2.27. The number of hydrogen-bond donors (Lipinski definition) is 2. The van der Waals surface area contributed by atoms with E-state index in [0.29, 0.717) is 17.7 Å². The van der Waals surface area contributed by atoms with Crippen LogP contribution in [-0.2, 0) is 17.8 Å². The minimum absolute atomic E-state index is 0.125. The molecular formula is C25H21N3O4. The van der Waals surface area contributed by atoms with E-state index < -0.39 is 0 Å². The molecule has 2 amide bonds. The second-order valence-electron chi connectivity index (χ2n) is 7.55. The summed E-state index contributed by atoms with van der Waals surface area (Å²) in [6.45, 7) is 0.149. The molecule has 0 aliphatic heterocycles. The van der Waals surface area contributed by atoms with Crippen molar-refractivity contribution in [1.82, 2.24) is 15.6 Å². The Hall–Kier alpha value is -4.13. The van der Waals surface area contributed by atoms with Gasteiger partial charge in [-0.3, -0.25) is 9.59 Å². The maximum Gasteiger partial charge on any atom is 0.252 e. The summed E-state index contributed by atoms with van der Waals surface area (Å²) in [6, 6.07) is 14.8. The molecule has 2 N–H and O–H groups in total. The predicted molar refractivity (Wildman–Crippen MR) is 120 cm³/mol. The Morgan fingerprint density at radius 3 is 2.62 bits per heavy atom. The maximum atomic E-state index is 13.2. The topological polar surface area (TPSA) is 97.4 Å². The van der Waals surface area contributed by atoms with Gasteiger partial charge in [0.1, 0.15) is 11.5 Å². The van der Waals surface area contributed by atoms with Crippen LogP contribution in [0, 0.1) is 0 Å². The summed E-state index contributed by atoms with van der Waals surface area (Å²) in [6.07, 6.45) is 6.62. The lowest BCUT2D eigenvalue weighted by Gasteiger charge is -2.13. The number of aromatic nitrogens is 1. The Bertz CT molecular complexity index is 1300. The summed E-state index contributed by atoms with van der Waals surface area (Å²) in [5, 5.41) is 6.27. The minimum atomic E-state index is -0.289. The van der Waals surface area contributed by atoms with Gasteiger partial charge in [0.25, 0.3) is 5.91 Å². The van der Waals surface area contributed by atoms with E-state index in [4.69, 9.17) is 13.8 Å². The van der Waals surface area contributed by atoms with Crippen LogP contribution < -0.4 is 10.6 Å². The lowest BCUT2D eigenvalue weighted by molar-refractivity contribution is -0.120. The number of benzene rings is 1. The third kappa shape index (κ3) is 3.92. The molecule has 3 heterocycles. The number of carbonyl (C=O) groups is 2. The van der Waals surface area contributed by atoms with Crippen molar-refractivity contribution >= 4 is 34.4 Å². The standard InChI is InChI=1S/C25H21N3O4/c29-22(26-14-18-6-4-12-32-18)15-27-25(30)23-19-7-1-2-8-21(19)28-24-16(9-10-20(23)24)13-17-5-3-11-31-17/h1-8,11-13H,9-10,14-15H2,(H,26,29)(H,27,30)/b16-13+. The number of amides is 2. The normalized spacial score (nSPS) is 13.9. The highest BCUT2D eigenvalue weighted by Crippen LogP contribution is 2.37. The Morgan fingerprint density at radius 2 is 1.81 bits per heavy atom. The molecule has 160 valence electrons. The zero-order valence-electron chi connectivity index (χ0n) is 17.3. The van der Waals surface area contributed by atoms with Crippen LogP contribution in [-0.4, -0.2) is 23.3 Å². The van der Waals surface area contributed by atoms with E-state index in [9.17, 15) is 9.59 Å². The SMILES string of the molecule is O=C(CNC(=O)c1c2c(nc3ccccc13)/C(=C/c1ccco1)CC2)NCc1ccco1. The van der Waals surface area contributed by atoms with Gasteiger partial charge in [-0.15, -0.1) is 0 Å². The first-order valence-electron chi connectivity index (χ1n) is 10.4. The van der Waals surface area contributed by atoms with E-state index in [1.807, 2.05) is 42.5 Å². The molecule has 7 nitrogen and oxygen atoms in total. The first kappa shape index (κ1) is 19.8. The summed E-state index contributed by atoms with van der Waals surface area (Å²) in [4.78, 5) is 30.2. The van der Waals surface area contributed by atoms with Crippen molar-refractivity contribution in [2.45, 2.75) is 19.4 Å². The number of nitrogens with one attached hydrogen (secondary N) is 2. The molecule has 5 rings (SSSR count). The van der Waals surface area contributed by atoms with Gasteiger partial charge in [-0.25, -0.2) is 4.98 Å². The molecule has 0 unspecified atom stereocenters. The van der Waals surface area contributed by atoms with Gasteiger partial charge in [0.2, 0.25) is 5.91 Å². The number of furan rings is 2. The van der Waals surface area contributed by atoms with Gasteiger partial charge in [-0.05, 0) is 60.4 Å². The molecule has 0 radical (unpaired) electrons.